The van der Waals surface area contributed by atoms with Gasteiger partial charge in [-0.15, -0.1) is 0 Å². The molecule has 0 atom stereocenters. The van der Waals surface area contributed by atoms with E-state index in [1.54, 1.807) is 0 Å². The van der Waals surface area contributed by atoms with Crippen molar-refractivity contribution in [3.8, 4) is 11.5 Å². The van der Waals surface area contributed by atoms with Gasteiger partial charge in [0.15, 0.2) is 0 Å². The molecule has 0 saturated heterocycles. The first-order valence-corrected chi connectivity index (χ1v) is 11.3. The number of rotatable bonds is 4. The molecule has 0 N–H and O–H groups in total. The van der Waals surface area contributed by atoms with Crippen molar-refractivity contribution in [2.45, 2.75) is 66.2 Å². The van der Waals surface area contributed by atoms with Gasteiger partial charge in [-0.25, -0.2) is 4.57 Å². The summed E-state index contributed by atoms with van der Waals surface area (Å²) in [5.74, 6) is 0.848. The molecule has 2 aromatic carbocycles. The van der Waals surface area contributed by atoms with E-state index in [9.17, 15) is 9.46 Å². The molecule has 0 aliphatic carbocycles. The van der Waals surface area contributed by atoms with Crippen molar-refractivity contribution >= 4 is 7.82 Å². The summed E-state index contributed by atoms with van der Waals surface area (Å²) < 4.78 is 23.7. The van der Waals surface area contributed by atoms with E-state index in [-0.39, 0.29) is 24.8 Å². The summed E-state index contributed by atoms with van der Waals surface area (Å²) in [6, 6.07) is 8.24. The van der Waals surface area contributed by atoms with Gasteiger partial charge in [0, 0.05) is 17.0 Å². The van der Waals surface area contributed by atoms with Crippen LogP contribution in [0.3, 0.4) is 0 Å². The van der Waals surface area contributed by atoms with Gasteiger partial charge in [-0.1, -0.05) is 58.9 Å². The Morgan fingerprint density at radius 2 is 1.21 bits per heavy atom. The molecule has 28 heavy (non-hydrogen) atoms. The van der Waals surface area contributed by atoms with Gasteiger partial charge in [0.1, 0.15) is 11.5 Å². The van der Waals surface area contributed by atoms with Crippen molar-refractivity contribution in [3.63, 3.8) is 0 Å². The van der Waals surface area contributed by atoms with E-state index >= 15 is 0 Å². The van der Waals surface area contributed by atoms with E-state index < -0.39 is 7.82 Å². The van der Waals surface area contributed by atoms with Gasteiger partial charge in [-0.05, 0) is 47.9 Å². The van der Waals surface area contributed by atoms with E-state index in [0.29, 0.717) is 24.3 Å². The van der Waals surface area contributed by atoms with Crippen molar-refractivity contribution in [2.24, 2.45) is 0 Å². The molecular formula is C22H28LiO4P. The summed E-state index contributed by atoms with van der Waals surface area (Å²) in [5, 5.41) is 0. The van der Waals surface area contributed by atoms with Crippen LogP contribution in [0, 0.1) is 0 Å². The third kappa shape index (κ3) is 4.36. The van der Waals surface area contributed by atoms with Crippen LogP contribution in [0.25, 0.3) is 0 Å². The van der Waals surface area contributed by atoms with Gasteiger partial charge < -0.3 is 13.9 Å². The predicted molar refractivity (Wildman–Crippen MR) is 107 cm³/mol. The first-order chi connectivity index (χ1) is 12.8. The quantitative estimate of drug-likeness (QED) is 0.590. The SMILES string of the molecule is CCc1cc(CC)c2c(c1)C(C)c1cc(CC)cc(CC)c1OP(=O)([O-])O2.[Li+]. The molecule has 0 saturated carbocycles. The molecule has 4 nitrogen and oxygen atoms in total. The molecule has 1 heterocycles. The van der Waals surface area contributed by atoms with Crippen molar-refractivity contribution in [3.05, 3.63) is 57.6 Å². The van der Waals surface area contributed by atoms with Gasteiger partial charge in [0.25, 0.3) is 0 Å². The van der Waals surface area contributed by atoms with Crippen molar-refractivity contribution < 1.29 is 37.4 Å². The Morgan fingerprint density at radius 3 is 1.54 bits per heavy atom. The molecule has 0 aromatic heterocycles. The summed E-state index contributed by atoms with van der Waals surface area (Å²) in [6.45, 7) is 10.3. The summed E-state index contributed by atoms with van der Waals surface area (Å²) in [5.41, 5.74) is 6.02. The second-order valence-corrected chi connectivity index (χ2v) is 8.37. The first-order valence-electron chi connectivity index (χ1n) is 9.85. The van der Waals surface area contributed by atoms with Crippen LogP contribution in [0.5, 0.6) is 11.5 Å². The zero-order valence-corrected chi connectivity index (χ0v) is 18.7. The van der Waals surface area contributed by atoms with Crippen LogP contribution in [-0.2, 0) is 30.2 Å². The average Bonchev–Trinajstić information content (AvgIpc) is 2.66. The normalized spacial score (nSPS) is 20.6. The summed E-state index contributed by atoms with van der Waals surface area (Å²) in [6.07, 6.45) is 3.18. The zero-order chi connectivity index (χ0) is 19.8. The number of hydrogen-bond donors (Lipinski definition) is 0. The minimum absolute atomic E-state index is 0. The number of phosphoric ester groups is 1. The average molecular weight is 394 g/mol. The first kappa shape index (κ1) is 23.1. The summed E-state index contributed by atoms with van der Waals surface area (Å²) >= 11 is 0. The molecular weight excluding hydrogens is 366 g/mol. The molecule has 0 unspecified atom stereocenters. The molecule has 2 aromatic rings. The van der Waals surface area contributed by atoms with Gasteiger partial charge in [-0.2, -0.15) is 0 Å². The van der Waals surface area contributed by atoms with Crippen molar-refractivity contribution in [1.29, 1.82) is 0 Å². The molecule has 1 aliphatic rings. The summed E-state index contributed by atoms with van der Waals surface area (Å²) in [7, 11) is -4.53. The van der Waals surface area contributed by atoms with E-state index in [4.69, 9.17) is 9.05 Å². The van der Waals surface area contributed by atoms with Crippen molar-refractivity contribution in [2.75, 3.05) is 0 Å². The van der Waals surface area contributed by atoms with Crippen LogP contribution < -0.4 is 32.8 Å². The fourth-order valence-electron chi connectivity index (χ4n) is 3.77. The fraction of sp³-hybridized carbons (Fsp3) is 0.455. The summed E-state index contributed by atoms with van der Waals surface area (Å²) in [4.78, 5) is 12.7. The Morgan fingerprint density at radius 1 is 0.821 bits per heavy atom. The van der Waals surface area contributed by atoms with Gasteiger partial charge in [0.05, 0.1) is 0 Å². The number of phosphoric acid groups is 1. The number of fused-ring (bicyclic) bond motifs is 2. The molecule has 0 radical (unpaired) electrons. The minimum Gasteiger partial charge on any atom is -0.736 e. The number of hydrogen-bond acceptors (Lipinski definition) is 4. The second-order valence-electron chi connectivity index (χ2n) is 7.11. The topological polar surface area (TPSA) is 58.6 Å². The van der Waals surface area contributed by atoms with Crippen molar-refractivity contribution in [1.82, 2.24) is 0 Å². The van der Waals surface area contributed by atoms with Crippen LogP contribution in [0.1, 0.15) is 73.9 Å². The Labute approximate surface area is 180 Å². The van der Waals surface area contributed by atoms with Gasteiger partial charge in [-0.3, -0.25) is 0 Å². The molecule has 0 bridgehead atoms. The maximum atomic E-state index is 12.7. The van der Waals surface area contributed by atoms with Gasteiger partial charge in [0.2, 0.25) is 0 Å². The van der Waals surface area contributed by atoms with Crippen LogP contribution in [0.4, 0.5) is 0 Å². The maximum absolute atomic E-state index is 12.7. The zero-order valence-electron chi connectivity index (χ0n) is 17.8. The maximum Gasteiger partial charge on any atom is 1.00 e. The van der Waals surface area contributed by atoms with E-state index in [1.807, 2.05) is 26.0 Å². The van der Waals surface area contributed by atoms with E-state index in [2.05, 4.69) is 32.9 Å². The second kappa shape index (κ2) is 9.10. The van der Waals surface area contributed by atoms with Gasteiger partial charge >= 0.3 is 26.7 Å². The molecule has 6 heteroatoms. The third-order valence-corrected chi connectivity index (χ3v) is 6.24. The molecule has 0 fully saturated rings. The van der Waals surface area contributed by atoms with E-state index in [0.717, 1.165) is 35.1 Å². The van der Waals surface area contributed by atoms with Crippen LogP contribution in [0.2, 0.25) is 0 Å². The third-order valence-electron chi connectivity index (χ3n) is 5.43. The smallest absolute Gasteiger partial charge is 0.736 e. The van der Waals surface area contributed by atoms with E-state index in [1.165, 1.54) is 11.1 Å². The Bertz CT molecular complexity index is 840. The molecule has 146 valence electrons. The Hall–Kier alpha value is -1.17. The molecule has 1 aliphatic heterocycles. The monoisotopic (exact) mass is 394 g/mol. The Balaban J connectivity index is 0.00000280. The standard InChI is InChI=1S/C22H29O4P.Li/c1-6-15-10-17(8-3)21-19(12-15)14(5)20-13-16(7-2)11-18(9-4)22(20)26-27(23,24)25-21;/h10-14H,6-9H2,1-5H3,(H,23,24);/q;+1/p-1. The fourth-order valence-corrected chi connectivity index (χ4v) is 4.70. The molecule has 0 amide bonds. The number of benzene rings is 2. The predicted octanol–water partition coefficient (Wildman–Crippen LogP) is 2.33. The number of aryl methyl sites for hydroxylation is 4. The Kier molecular flexibility index (Phi) is 7.51. The minimum atomic E-state index is -4.53. The molecule has 3 rings (SSSR count). The van der Waals surface area contributed by atoms with Crippen LogP contribution in [-0.4, -0.2) is 0 Å². The van der Waals surface area contributed by atoms with Crippen LogP contribution >= 0.6 is 7.82 Å². The molecule has 0 spiro atoms. The van der Waals surface area contributed by atoms with Crippen LogP contribution in [0.15, 0.2) is 24.3 Å². The largest absolute Gasteiger partial charge is 1.00 e.